The Hall–Kier alpha value is -2.83. The van der Waals surface area contributed by atoms with Crippen LogP contribution in [0.25, 0.3) is 0 Å². The maximum atomic E-state index is 12.3. The molecule has 0 radical (unpaired) electrons. The number of carbonyl (C=O) groups is 2. The van der Waals surface area contributed by atoms with Crippen molar-refractivity contribution >= 4 is 23.2 Å². The molecule has 0 bridgehead atoms. The van der Waals surface area contributed by atoms with Gasteiger partial charge in [-0.2, -0.15) is 5.10 Å². The maximum Gasteiger partial charge on any atom is 0.262 e. The highest BCUT2D eigenvalue weighted by Crippen LogP contribution is 2.28. The largest absolute Gasteiger partial charge is 0.482 e. The van der Waals surface area contributed by atoms with Gasteiger partial charge in [0, 0.05) is 17.8 Å². The van der Waals surface area contributed by atoms with Gasteiger partial charge < -0.3 is 15.4 Å². The Labute approximate surface area is 127 Å². The third kappa shape index (κ3) is 2.78. The molecule has 1 aliphatic rings. The number of ether oxygens (including phenoxy) is 1. The van der Waals surface area contributed by atoms with E-state index >= 15 is 0 Å². The van der Waals surface area contributed by atoms with E-state index in [0.717, 1.165) is 0 Å². The molecule has 0 unspecified atom stereocenters. The SMILES string of the molecule is CC(C)n1cc(NC(=O)c2ccc3c(c2)NC(=O)CO3)cn1. The molecule has 7 nitrogen and oxygen atoms in total. The molecule has 0 spiro atoms. The van der Waals surface area contributed by atoms with Gasteiger partial charge in [0.05, 0.1) is 17.6 Å². The van der Waals surface area contributed by atoms with Gasteiger partial charge >= 0.3 is 0 Å². The first-order chi connectivity index (χ1) is 10.5. The van der Waals surface area contributed by atoms with Crippen molar-refractivity contribution in [2.75, 3.05) is 17.2 Å². The molecule has 0 saturated carbocycles. The molecule has 0 fully saturated rings. The average molecular weight is 300 g/mol. The number of hydrogen-bond donors (Lipinski definition) is 2. The third-order valence-corrected chi connectivity index (χ3v) is 3.26. The maximum absolute atomic E-state index is 12.3. The van der Waals surface area contributed by atoms with Gasteiger partial charge in [0.1, 0.15) is 5.75 Å². The highest BCUT2D eigenvalue weighted by Gasteiger charge is 2.18. The summed E-state index contributed by atoms with van der Waals surface area (Å²) in [5, 5.41) is 9.62. The Morgan fingerprint density at radius 3 is 3.00 bits per heavy atom. The molecule has 1 aromatic heterocycles. The topological polar surface area (TPSA) is 85.2 Å². The van der Waals surface area contributed by atoms with E-state index in [9.17, 15) is 9.59 Å². The zero-order valence-electron chi connectivity index (χ0n) is 12.3. The fourth-order valence-electron chi connectivity index (χ4n) is 2.11. The molecular weight excluding hydrogens is 284 g/mol. The summed E-state index contributed by atoms with van der Waals surface area (Å²) in [7, 11) is 0. The van der Waals surface area contributed by atoms with Gasteiger partial charge in [-0.15, -0.1) is 0 Å². The van der Waals surface area contributed by atoms with Gasteiger partial charge in [-0.1, -0.05) is 0 Å². The highest BCUT2D eigenvalue weighted by atomic mass is 16.5. The second-order valence-electron chi connectivity index (χ2n) is 5.30. The van der Waals surface area contributed by atoms with Crippen molar-refractivity contribution < 1.29 is 14.3 Å². The van der Waals surface area contributed by atoms with E-state index in [1.54, 1.807) is 35.3 Å². The Morgan fingerprint density at radius 2 is 2.27 bits per heavy atom. The van der Waals surface area contributed by atoms with Crippen molar-refractivity contribution in [2.24, 2.45) is 0 Å². The van der Waals surface area contributed by atoms with Crippen molar-refractivity contribution in [1.29, 1.82) is 0 Å². The molecule has 0 aliphatic carbocycles. The molecule has 114 valence electrons. The van der Waals surface area contributed by atoms with Gasteiger partial charge in [0.2, 0.25) is 0 Å². The molecular formula is C15H16N4O3. The third-order valence-electron chi connectivity index (χ3n) is 3.26. The molecule has 0 saturated heterocycles. The van der Waals surface area contributed by atoms with E-state index < -0.39 is 0 Å². The van der Waals surface area contributed by atoms with Crippen molar-refractivity contribution in [1.82, 2.24) is 9.78 Å². The van der Waals surface area contributed by atoms with Gasteiger partial charge in [0.15, 0.2) is 6.61 Å². The van der Waals surface area contributed by atoms with Crippen molar-refractivity contribution in [3.63, 3.8) is 0 Å². The number of rotatable bonds is 3. The fraction of sp³-hybridized carbons (Fsp3) is 0.267. The van der Waals surface area contributed by atoms with Gasteiger partial charge in [0.25, 0.3) is 11.8 Å². The van der Waals surface area contributed by atoms with Gasteiger partial charge in [-0.25, -0.2) is 0 Å². The Kier molecular flexibility index (Phi) is 3.54. The summed E-state index contributed by atoms with van der Waals surface area (Å²) < 4.78 is 7.02. The summed E-state index contributed by atoms with van der Waals surface area (Å²) >= 11 is 0. The Bertz CT molecular complexity index is 736. The van der Waals surface area contributed by atoms with Crippen LogP contribution in [0.5, 0.6) is 5.75 Å². The number of amides is 2. The van der Waals surface area contributed by atoms with Crippen LogP contribution in [0.4, 0.5) is 11.4 Å². The zero-order valence-corrected chi connectivity index (χ0v) is 12.3. The fourth-order valence-corrected chi connectivity index (χ4v) is 2.11. The minimum absolute atomic E-state index is 0.00701. The smallest absolute Gasteiger partial charge is 0.262 e. The van der Waals surface area contributed by atoms with Crippen molar-refractivity contribution in [3.8, 4) is 5.75 Å². The lowest BCUT2D eigenvalue weighted by molar-refractivity contribution is -0.118. The van der Waals surface area contributed by atoms with Crippen LogP contribution < -0.4 is 15.4 Å². The van der Waals surface area contributed by atoms with E-state index in [1.165, 1.54) is 0 Å². The number of benzene rings is 1. The highest BCUT2D eigenvalue weighted by molar-refractivity contribution is 6.06. The van der Waals surface area contributed by atoms with Crippen LogP contribution in [0.15, 0.2) is 30.6 Å². The number of carbonyl (C=O) groups excluding carboxylic acids is 2. The van der Waals surface area contributed by atoms with Crippen molar-refractivity contribution in [3.05, 3.63) is 36.2 Å². The van der Waals surface area contributed by atoms with E-state index in [1.807, 2.05) is 13.8 Å². The molecule has 2 heterocycles. The molecule has 7 heteroatoms. The predicted molar refractivity (Wildman–Crippen MR) is 81.1 cm³/mol. The predicted octanol–water partition coefficient (Wildman–Crippen LogP) is 2.05. The molecule has 2 N–H and O–H groups in total. The number of aromatic nitrogens is 2. The lowest BCUT2D eigenvalue weighted by Crippen LogP contribution is -2.25. The first kappa shape index (κ1) is 14.1. The number of anilines is 2. The molecule has 2 amide bonds. The molecule has 0 atom stereocenters. The van der Waals surface area contributed by atoms with E-state index in [4.69, 9.17) is 4.74 Å². The number of hydrogen-bond acceptors (Lipinski definition) is 4. The second-order valence-corrected chi connectivity index (χ2v) is 5.30. The van der Waals surface area contributed by atoms with Crippen LogP contribution in [-0.4, -0.2) is 28.2 Å². The minimum Gasteiger partial charge on any atom is -0.482 e. The summed E-state index contributed by atoms with van der Waals surface area (Å²) in [6, 6.07) is 5.13. The lowest BCUT2D eigenvalue weighted by atomic mass is 10.1. The second kappa shape index (κ2) is 5.51. The zero-order chi connectivity index (χ0) is 15.7. The number of nitrogens with zero attached hydrogens (tertiary/aromatic N) is 2. The first-order valence-electron chi connectivity index (χ1n) is 6.95. The normalized spacial score (nSPS) is 13.3. The standard InChI is InChI=1S/C15H16N4O3/c1-9(2)19-7-11(6-16-19)17-15(21)10-3-4-13-12(5-10)18-14(20)8-22-13/h3-7,9H,8H2,1-2H3,(H,17,21)(H,18,20). The Morgan fingerprint density at radius 1 is 1.45 bits per heavy atom. The van der Waals surface area contributed by atoms with Gasteiger partial charge in [-0.3, -0.25) is 14.3 Å². The lowest BCUT2D eigenvalue weighted by Gasteiger charge is -2.18. The average Bonchev–Trinajstić information content (AvgIpc) is 2.95. The summed E-state index contributed by atoms with van der Waals surface area (Å²) in [6.45, 7) is 4.00. The summed E-state index contributed by atoms with van der Waals surface area (Å²) in [6.07, 6.45) is 3.37. The van der Waals surface area contributed by atoms with Crippen LogP contribution >= 0.6 is 0 Å². The quantitative estimate of drug-likeness (QED) is 0.908. The summed E-state index contributed by atoms with van der Waals surface area (Å²) in [5.74, 6) is 0.0537. The molecule has 22 heavy (non-hydrogen) atoms. The Balaban J connectivity index is 1.77. The van der Waals surface area contributed by atoms with Crippen LogP contribution in [0.2, 0.25) is 0 Å². The van der Waals surface area contributed by atoms with E-state index in [0.29, 0.717) is 22.7 Å². The van der Waals surface area contributed by atoms with Gasteiger partial charge in [-0.05, 0) is 32.0 Å². The monoisotopic (exact) mass is 300 g/mol. The molecule has 1 aliphatic heterocycles. The molecule has 3 rings (SSSR count). The van der Waals surface area contributed by atoms with Crippen LogP contribution in [-0.2, 0) is 4.79 Å². The molecule has 1 aromatic carbocycles. The van der Waals surface area contributed by atoms with E-state index in [2.05, 4.69) is 15.7 Å². The van der Waals surface area contributed by atoms with Crippen LogP contribution in [0, 0.1) is 0 Å². The van der Waals surface area contributed by atoms with Crippen LogP contribution in [0.1, 0.15) is 30.2 Å². The number of fused-ring (bicyclic) bond motifs is 1. The minimum atomic E-state index is -0.272. The van der Waals surface area contributed by atoms with Crippen molar-refractivity contribution in [2.45, 2.75) is 19.9 Å². The summed E-state index contributed by atoms with van der Waals surface area (Å²) in [5.41, 5.74) is 1.56. The number of nitrogens with one attached hydrogen (secondary N) is 2. The van der Waals surface area contributed by atoms with E-state index in [-0.39, 0.29) is 24.5 Å². The van der Waals surface area contributed by atoms with Crippen LogP contribution in [0.3, 0.4) is 0 Å². The first-order valence-corrected chi connectivity index (χ1v) is 6.95. The molecule has 2 aromatic rings. The summed E-state index contributed by atoms with van der Waals surface area (Å²) in [4.78, 5) is 23.6.